The molecule has 0 saturated carbocycles. The van der Waals surface area contributed by atoms with Crippen molar-refractivity contribution in [3.8, 4) is 5.75 Å². The molecule has 2 aliphatic heterocycles. The number of pyridine rings is 1. The summed E-state index contributed by atoms with van der Waals surface area (Å²) in [5.74, 6) is 1.67. The molecule has 27 heavy (non-hydrogen) atoms. The van der Waals surface area contributed by atoms with Crippen LogP contribution < -0.4 is 4.74 Å². The lowest BCUT2D eigenvalue weighted by Gasteiger charge is -2.46. The highest BCUT2D eigenvalue weighted by Crippen LogP contribution is 2.39. The van der Waals surface area contributed by atoms with Crippen LogP contribution in [-0.2, 0) is 4.74 Å². The van der Waals surface area contributed by atoms with Gasteiger partial charge in [-0.15, -0.1) is 11.3 Å². The van der Waals surface area contributed by atoms with Crippen LogP contribution in [0.4, 0.5) is 0 Å². The van der Waals surface area contributed by atoms with Gasteiger partial charge in [-0.1, -0.05) is 6.07 Å². The molecule has 0 aliphatic carbocycles. The lowest BCUT2D eigenvalue weighted by molar-refractivity contribution is -0.125. The van der Waals surface area contributed by atoms with Gasteiger partial charge < -0.3 is 14.4 Å². The lowest BCUT2D eigenvalue weighted by Crippen LogP contribution is -2.50. The standard InChI is InChI=1S/C21H26N2O3S/c24-20(19-2-1-15-27-19)23-11-7-21(8-12-23)16-17(6-14-26-21)5-13-25-18-3-9-22-10-4-18/h1-4,9-10,15,17H,5-8,11-14,16H2. The molecule has 1 amide bonds. The number of carbonyl (C=O) groups is 1. The maximum Gasteiger partial charge on any atom is 0.263 e. The number of carbonyl (C=O) groups excluding carboxylic acids is 1. The third kappa shape index (κ3) is 4.50. The summed E-state index contributed by atoms with van der Waals surface area (Å²) in [6.07, 6.45) is 8.60. The topological polar surface area (TPSA) is 51.7 Å². The van der Waals surface area contributed by atoms with E-state index in [1.54, 1.807) is 12.4 Å². The second-order valence-corrected chi connectivity index (χ2v) is 8.43. The van der Waals surface area contributed by atoms with Gasteiger partial charge in [-0.25, -0.2) is 0 Å². The molecule has 2 aliphatic rings. The van der Waals surface area contributed by atoms with Gasteiger partial charge in [-0.2, -0.15) is 0 Å². The number of hydrogen-bond donors (Lipinski definition) is 0. The number of thiophene rings is 1. The van der Waals surface area contributed by atoms with Gasteiger partial charge in [0.25, 0.3) is 5.91 Å². The van der Waals surface area contributed by atoms with Crippen molar-refractivity contribution in [1.82, 2.24) is 9.88 Å². The van der Waals surface area contributed by atoms with Crippen LogP contribution in [0.2, 0.25) is 0 Å². The third-order valence-electron chi connectivity index (χ3n) is 5.73. The monoisotopic (exact) mass is 386 g/mol. The molecule has 2 fully saturated rings. The van der Waals surface area contributed by atoms with Gasteiger partial charge in [-0.05, 0) is 61.6 Å². The summed E-state index contributed by atoms with van der Waals surface area (Å²) < 4.78 is 12.1. The molecule has 0 N–H and O–H groups in total. The Labute approximate surface area is 164 Å². The fourth-order valence-electron chi connectivity index (χ4n) is 4.18. The normalized spacial score (nSPS) is 21.9. The van der Waals surface area contributed by atoms with Crippen LogP contribution in [0.25, 0.3) is 0 Å². The number of aromatic nitrogens is 1. The van der Waals surface area contributed by atoms with Crippen molar-refractivity contribution < 1.29 is 14.3 Å². The van der Waals surface area contributed by atoms with E-state index in [2.05, 4.69) is 4.98 Å². The number of ether oxygens (including phenoxy) is 2. The predicted molar refractivity (Wildman–Crippen MR) is 105 cm³/mol. The Morgan fingerprint density at radius 2 is 2.11 bits per heavy atom. The Morgan fingerprint density at radius 3 is 2.85 bits per heavy atom. The van der Waals surface area contributed by atoms with Gasteiger partial charge in [0.2, 0.25) is 0 Å². The van der Waals surface area contributed by atoms with Gasteiger partial charge in [0, 0.05) is 32.1 Å². The molecule has 4 rings (SSSR count). The molecule has 6 heteroatoms. The van der Waals surface area contributed by atoms with E-state index in [0.29, 0.717) is 5.92 Å². The summed E-state index contributed by atoms with van der Waals surface area (Å²) in [7, 11) is 0. The smallest absolute Gasteiger partial charge is 0.263 e. The highest BCUT2D eigenvalue weighted by Gasteiger charge is 2.41. The zero-order valence-electron chi connectivity index (χ0n) is 15.5. The molecule has 0 aromatic carbocycles. The van der Waals surface area contributed by atoms with Gasteiger partial charge in [-0.3, -0.25) is 9.78 Å². The van der Waals surface area contributed by atoms with Gasteiger partial charge in [0.15, 0.2) is 0 Å². The first-order chi connectivity index (χ1) is 13.2. The van der Waals surface area contributed by atoms with Crippen LogP contribution in [-0.4, -0.2) is 47.7 Å². The number of hydrogen-bond acceptors (Lipinski definition) is 5. The molecule has 2 saturated heterocycles. The number of piperidine rings is 1. The van der Waals surface area contributed by atoms with Crippen molar-refractivity contribution in [1.29, 1.82) is 0 Å². The second kappa shape index (κ2) is 8.40. The average molecular weight is 387 g/mol. The molecule has 2 aromatic heterocycles. The maximum atomic E-state index is 12.5. The van der Waals surface area contributed by atoms with Gasteiger partial charge in [0.05, 0.1) is 17.1 Å². The highest BCUT2D eigenvalue weighted by atomic mass is 32.1. The molecule has 144 valence electrons. The van der Waals surface area contributed by atoms with Crippen molar-refractivity contribution in [2.45, 2.75) is 37.7 Å². The minimum Gasteiger partial charge on any atom is -0.493 e. The van der Waals surface area contributed by atoms with E-state index < -0.39 is 0 Å². The zero-order chi connectivity index (χ0) is 18.5. The van der Waals surface area contributed by atoms with E-state index in [0.717, 1.165) is 69.0 Å². The van der Waals surface area contributed by atoms with Crippen molar-refractivity contribution in [3.05, 3.63) is 46.9 Å². The van der Waals surface area contributed by atoms with Gasteiger partial charge in [0.1, 0.15) is 5.75 Å². The molecule has 0 bridgehead atoms. The number of amides is 1. The van der Waals surface area contributed by atoms with E-state index >= 15 is 0 Å². The van der Waals surface area contributed by atoms with Crippen molar-refractivity contribution in [2.24, 2.45) is 5.92 Å². The Kier molecular flexibility index (Phi) is 5.74. The van der Waals surface area contributed by atoms with Gasteiger partial charge >= 0.3 is 0 Å². The Hall–Kier alpha value is -1.92. The lowest BCUT2D eigenvalue weighted by atomic mass is 9.78. The molecular formula is C21H26N2O3S. The quantitative estimate of drug-likeness (QED) is 0.779. The van der Waals surface area contributed by atoms with Crippen LogP contribution in [0, 0.1) is 5.92 Å². The van der Waals surface area contributed by atoms with Crippen LogP contribution in [0.3, 0.4) is 0 Å². The summed E-state index contributed by atoms with van der Waals surface area (Å²) in [5.41, 5.74) is -0.0498. The molecule has 5 nitrogen and oxygen atoms in total. The van der Waals surface area contributed by atoms with Crippen molar-refractivity contribution in [3.63, 3.8) is 0 Å². The van der Waals surface area contributed by atoms with Crippen LogP contribution in [0.1, 0.15) is 41.8 Å². The van der Waals surface area contributed by atoms with Crippen LogP contribution >= 0.6 is 11.3 Å². The third-order valence-corrected chi connectivity index (χ3v) is 6.59. The number of rotatable bonds is 5. The first-order valence-electron chi connectivity index (χ1n) is 9.74. The minimum atomic E-state index is -0.0498. The first kappa shape index (κ1) is 18.4. The largest absolute Gasteiger partial charge is 0.493 e. The average Bonchev–Trinajstić information content (AvgIpc) is 3.24. The number of nitrogens with zero attached hydrogens (tertiary/aromatic N) is 2. The summed E-state index contributed by atoms with van der Waals surface area (Å²) in [5, 5.41) is 1.96. The van der Waals surface area contributed by atoms with Crippen molar-refractivity contribution in [2.75, 3.05) is 26.3 Å². The highest BCUT2D eigenvalue weighted by molar-refractivity contribution is 7.12. The van der Waals surface area contributed by atoms with E-state index in [9.17, 15) is 4.79 Å². The SMILES string of the molecule is O=C(c1cccs1)N1CCC2(CC1)CC(CCOc1ccncc1)CCO2. The maximum absolute atomic E-state index is 12.5. The van der Waals surface area contributed by atoms with Crippen molar-refractivity contribution >= 4 is 17.2 Å². The van der Waals surface area contributed by atoms with E-state index in [4.69, 9.17) is 9.47 Å². The van der Waals surface area contributed by atoms with E-state index in [-0.39, 0.29) is 11.5 Å². The second-order valence-electron chi connectivity index (χ2n) is 7.48. The molecular weight excluding hydrogens is 360 g/mol. The summed E-state index contributed by atoms with van der Waals surface area (Å²) in [4.78, 5) is 19.4. The van der Waals surface area contributed by atoms with E-state index in [1.165, 1.54) is 11.3 Å². The molecule has 1 unspecified atom stereocenters. The molecule has 4 heterocycles. The first-order valence-corrected chi connectivity index (χ1v) is 10.6. The summed E-state index contributed by atoms with van der Waals surface area (Å²) in [6.45, 7) is 3.13. The summed E-state index contributed by atoms with van der Waals surface area (Å²) >= 11 is 1.52. The van der Waals surface area contributed by atoms with E-state index in [1.807, 2.05) is 34.5 Å². The number of likely N-dealkylation sites (tertiary alicyclic amines) is 1. The summed E-state index contributed by atoms with van der Waals surface area (Å²) in [6, 6.07) is 7.64. The van der Waals surface area contributed by atoms with Crippen LogP contribution in [0.15, 0.2) is 42.0 Å². The molecule has 2 aromatic rings. The fourth-order valence-corrected chi connectivity index (χ4v) is 4.87. The van der Waals surface area contributed by atoms with Crippen LogP contribution in [0.5, 0.6) is 5.75 Å². The predicted octanol–water partition coefficient (Wildman–Crippen LogP) is 4.01. The zero-order valence-corrected chi connectivity index (χ0v) is 16.3. The molecule has 1 atom stereocenters. The Morgan fingerprint density at radius 1 is 1.30 bits per heavy atom. The molecule has 1 spiro atoms. The minimum absolute atomic E-state index is 0.0498. The Bertz CT molecular complexity index is 727. The Balaban J connectivity index is 1.26. The molecule has 0 radical (unpaired) electrons. The fraction of sp³-hybridized carbons (Fsp3) is 0.524.